The number of aromatic nitrogens is 3. The highest BCUT2D eigenvalue weighted by molar-refractivity contribution is 7.08. The molecule has 1 aromatic carbocycles. The largest absolute Gasteiger partial charge is 0.382 e. The van der Waals surface area contributed by atoms with Gasteiger partial charge in [0.1, 0.15) is 6.10 Å². The lowest BCUT2D eigenvalue weighted by molar-refractivity contribution is 0.210. The summed E-state index contributed by atoms with van der Waals surface area (Å²) in [7, 11) is 0. The van der Waals surface area contributed by atoms with Crippen LogP contribution in [0.4, 0.5) is 0 Å². The minimum Gasteiger partial charge on any atom is -0.382 e. The van der Waals surface area contributed by atoms with Crippen molar-refractivity contribution in [1.29, 1.82) is 0 Å². The molecule has 0 aliphatic rings. The number of nitrogens with zero attached hydrogens (tertiary/aromatic N) is 3. The Labute approximate surface area is 162 Å². The molecule has 4 aromatic rings. The Morgan fingerprint density at radius 2 is 1.85 bits per heavy atom. The predicted octanol–water partition coefficient (Wildman–Crippen LogP) is 4.75. The molecule has 0 spiro atoms. The summed E-state index contributed by atoms with van der Waals surface area (Å²) >= 11 is 1.67. The molecular formula is C22H21N3OS. The van der Waals surface area contributed by atoms with Gasteiger partial charge in [-0.25, -0.2) is 4.98 Å². The molecule has 1 atom stereocenters. The second kappa shape index (κ2) is 7.47. The van der Waals surface area contributed by atoms with Crippen molar-refractivity contribution < 1.29 is 5.11 Å². The van der Waals surface area contributed by atoms with Crippen molar-refractivity contribution in [2.75, 3.05) is 0 Å². The maximum atomic E-state index is 10.9. The average molecular weight is 375 g/mol. The lowest BCUT2D eigenvalue weighted by Gasteiger charge is -2.14. The van der Waals surface area contributed by atoms with E-state index in [0.29, 0.717) is 6.54 Å². The van der Waals surface area contributed by atoms with Crippen molar-refractivity contribution in [3.05, 3.63) is 93.8 Å². The van der Waals surface area contributed by atoms with Crippen LogP contribution in [0, 0.1) is 13.8 Å². The molecule has 0 radical (unpaired) electrons. The second-order valence-electron chi connectivity index (χ2n) is 6.78. The summed E-state index contributed by atoms with van der Waals surface area (Å²) < 4.78 is 1.98. The molecule has 1 unspecified atom stereocenters. The third-order valence-corrected chi connectivity index (χ3v) is 5.59. The van der Waals surface area contributed by atoms with E-state index in [1.54, 1.807) is 30.1 Å². The Morgan fingerprint density at radius 3 is 2.52 bits per heavy atom. The molecule has 1 N–H and O–H groups in total. The standard InChI is InChI=1S/C22H21N3OS/c1-15-3-5-17(6-4-15)11-25-14-23-10-21(25)22(26)18-7-8-20(24-9-18)19-13-27-12-16(19)2/h3-10,12-14,22,26H,11H2,1-2H3. The van der Waals surface area contributed by atoms with Gasteiger partial charge < -0.3 is 9.67 Å². The first-order valence-corrected chi connectivity index (χ1v) is 9.79. The zero-order valence-electron chi connectivity index (χ0n) is 15.3. The number of aliphatic hydroxyl groups excluding tert-OH is 1. The first-order valence-electron chi connectivity index (χ1n) is 8.84. The van der Waals surface area contributed by atoms with Crippen molar-refractivity contribution in [2.24, 2.45) is 0 Å². The molecule has 4 rings (SSSR count). The van der Waals surface area contributed by atoms with Crippen molar-refractivity contribution in [2.45, 2.75) is 26.5 Å². The molecule has 0 amide bonds. The lowest BCUT2D eigenvalue weighted by Crippen LogP contribution is -2.09. The van der Waals surface area contributed by atoms with Crippen LogP contribution in [-0.4, -0.2) is 19.6 Å². The molecule has 0 bridgehead atoms. The summed E-state index contributed by atoms with van der Waals surface area (Å²) in [5.41, 5.74) is 7.22. The van der Waals surface area contributed by atoms with Gasteiger partial charge in [-0.1, -0.05) is 35.9 Å². The maximum Gasteiger partial charge on any atom is 0.122 e. The second-order valence-corrected chi connectivity index (χ2v) is 7.52. The summed E-state index contributed by atoms with van der Waals surface area (Å²) in [5, 5.41) is 15.1. The van der Waals surface area contributed by atoms with E-state index in [4.69, 9.17) is 0 Å². The van der Waals surface area contributed by atoms with Crippen LogP contribution < -0.4 is 0 Å². The number of pyridine rings is 1. The third kappa shape index (κ3) is 3.70. The van der Waals surface area contributed by atoms with E-state index < -0.39 is 6.10 Å². The molecule has 4 nitrogen and oxygen atoms in total. The van der Waals surface area contributed by atoms with E-state index in [1.807, 2.05) is 16.7 Å². The number of thiophene rings is 1. The summed E-state index contributed by atoms with van der Waals surface area (Å²) in [6.45, 7) is 4.83. The van der Waals surface area contributed by atoms with Gasteiger partial charge in [-0.2, -0.15) is 11.3 Å². The Kier molecular flexibility index (Phi) is 4.88. The maximum absolute atomic E-state index is 10.9. The van der Waals surface area contributed by atoms with Gasteiger partial charge in [0.2, 0.25) is 0 Å². The van der Waals surface area contributed by atoms with E-state index in [9.17, 15) is 5.11 Å². The minimum atomic E-state index is -0.761. The quantitative estimate of drug-likeness (QED) is 0.547. The number of aliphatic hydroxyl groups is 1. The van der Waals surface area contributed by atoms with Crippen molar-refractivity contribution in [3.63, 3.8) is 0 Å². The molecule has 0 saturated carbocycles. The highest BCUT2D eigenvalue weighted by Gasteiger charge is 2.16. The molecule has 5 heteroatoms. The molecule has 3 heterocycles. The Bertz CT molecular complexity index is 1030. The molecule has 0 aliphatic carbocycles. The third-order valence-electron chi connectivity index (χ3n) is 4.73. The predicted molar refractivity (Wildman–Crippen MR) is 109 cm³/mol. The summed E-state index contributed by atoms with van der Waals surface area (Å²) in [6.07, 6.45) is 4.47. The van der Waals surface area contributed by atoms with E-state index in [0.717, 1.165) is 22.5 Å². The zero-order valence-corrected chi connectivity index (χ0v) is 16.1. The Morgan fingerprint density at radius 1 is 1.04 bits per heavy atom. The number of aryl methyl sites for hydroxylation is 2. The van der Waals surface area contributed by atoms with Gasteiger partial charge in [-0.3, -0.25) is 4.98 Å². The van der Waals surface area contributed by atoms with Crippen LogP contribution in [0.1, 0.15) is 34.1 Å². The number of benzene rings is 1. The molecule has 136 valence electrons. The highest BCUT2D eigenvalue weighted by atomic mass is 32.1. The first kappa shape index (κ1) is 17.6. The molecule has 0 saturated heterocycles. The van der Waals surface area contributed by atoms with E-state index in [2.05, 4.69) is 58.8 Å². The lowest BCUT2D eigenvalue weighted by atomic mass is 10.1. The highest BCUT2D eigenvalue weighted by Crippen LogP contribution is 2.27. The molecule has 0 fully saturated rings. The van der Waals surface area contributed by atoms with Crippen LogP contribution in [0.2, 0.25) is 0 Å². The minimum absolute atomic E-state index is 0.673. The summed E-state index contributed by atoms with van der Waals surface area (Å²) in [5.74, 6) is 0. The fraction of sp³-hybridized carbons (Fsp3) is 0.182. The number of hydrogen-bond donors (Lipinski definition) is 1. The van der Waals surface area contributed by atoms with Gasteiger partial charge in [0.25, 0.3) is 0 Å². The number of imidazole rings is 1. The van der Waals surface area contributed by atoms with Crippen LogP contribution in [0.5, 0.6) is 0 Å². The van der Waals surface area contributed by atoms with Gasteiger partial charge in [0.15, 0.2) is 0 Å². The SMILES string of the molecule is Cc1ccc(Cn2cncc2C(O)c2ccc(-c3cscc3C)nc2)cc1. The first-order chi connectivity index (χ1) is 13.1. The topological polar surface area (TPSA) is 50.9 Å². The van der Waals surface area contributed by atoms with Gasteiger partial charge >= 0.3 is 0 Å². The van der Waals surface area contributed by atoms with Gasteiger partial charge in [-0.05, 0) is 36.4 Å². The Balaban J connectivity index is 1.56. The van der Waals surface area contributed by atoms with Crippen molar-refractivity contribution >= 4 is 11.3 Å². The van der Waals surface area contributed by atoms with Gasteiger partial charge in [0, 0.05) is 29.2 Å². The van der Waals surface area contributed by atoms with Gasteiger partial charge in [-0.15, -0.1) is 0 Å². The Hall–Kier alpha value is -2.76. The normalized spacial score (nSPS) is 12.3. The average Bonchev–Trinajstić information content (AvgIpc) is 3.32. The smallest absolute Gasteiger partial charge is 0.122 e. The molecule has 3 aromatic heterocycles. The number of rotatable bonds is 5. The fourth-order valence-electron chi connectivity index (χ4n) is 3.10. The van der Waals surface area contributed by atoms with Crippen LogP contribution in [0.3, 0.4) is 0 Å². The number of hydrogen-bond acceptors (Lipinski definition) is 4. The summed E-state index contributed by atoms with van der Waals surface area (Å²) in [6, 6.07) is 12.3. The zero-order chi connectivity index (χ0) is 18.8. The molecule has 27 heavy (non-hydrogen) atoms. The van der Waals surface area contributed by atoms with E-state index in [1.165, 1.54) is 16.7 Å². The van der Waals surface area contributed by atoms with E-state index in [-0.39, 0.29) is 0 Å². The molecular weight excluding hydrogens is 354 g/mol. The van der Waals surface area contributed by atoms with Crippen LogP contribution in [0.15, 0.2) is 65.9 Å². The van der Waals surface area contributed by atoms with E-state index >= 15 is 0 Å². The van der Waals surface area contributed by atoms with Crippen molar-refractivity contribution in [1.82, 2.24) is 14.5 Å². The van der Waals surface area contributed by atoms with Crippen LogP contribution in [0.25, 0.3) is 11.3 Å². The fourth-order valence-corrected chi connectivity index (χ4v) is 3.94. The van der Waals surface area contributed by atoms with Gasteiger partial charge in [0.05, 0.1) is 23.9 Å². The summed E-state index contributed by atoms with van der Waals surface area (Å²) in [4.78, 5) is 8.79. The van der Waals surface area contributed by atoms with Crippen LogP contribution >= 0.6 is 11.3 Å². The van der Waals surface area contributed by atoms with Crippen molar-refractivity contribution in [3.8, 4) is 11.3 Å². The molecule has 0 aliphatic heterocycles. The van der Waals surface area contributed by atoms with Crippen LogP contribution in [-0.2, 0) is 6.54 Å². The monoisotopic (exact) mass is 375 g/mol.